The number of nitrogens with zero attached hydrogens (tertiary/aromatic N) is 7. The molecule has 0 aliphatic carbocycles. The van der Waals surface area contributed by atoms with Crippen LogP contribution in [0, 0.1) is 31.0 Å². The fourth-order valence-corrected chi connectivity index (χ4v) is 14.0. The van der Waals surface area contributed by atoms with E-state index in [0.29, 0.717) is 96.9 Å². The van der Waals surface area contributed by atoms with Crippen LogP contribution >= 0.6 is 22.9 Å². The Labute approximate surface area is 657 Å². The largest absolute Gasteiger partial charge is 0.496 e. The van der Waals surface area contributed by atoms with Crippen molar-refractivity contribution in [2.24, 2.45) is 11.7 Å². The molecule has 0 spiro atoms. The molecular weight excluding hydrogens is 1510 g/mol. The van der Waals surface area contributed by atoms with Crippen molar-refractivity contribution in [3.8, 4) is 68.4 Å². The highest BCUT2D eigenvalue weighted by atomic mass is 35.5. The van der Waals surface area contributed by atoms with Crippen molar-refractivity contribution in [1.29, 1.82) is 0 Å². The molecule has 10 rings (SSSR count). The number of carbonyl (C=O) groups excluding carboxylic acids is 8. The first kappa shape index (κ1) is 84.0. The predicted molar refractivity (Wildman–Crippen MR) is 410 cm³/mol. The fourth-order valence-electron chi connectivity index (χ4n) is 12.6. The molecule has 0 unspecified atom stereocenters. The van der Waals surface area contributed by atoms with E-state index < -0.39 is 90.0 Å². The molecule has 5 aromatic carbocycles. The SMILES string of the molecule is C#CCOCc1cc(NC(=O)[C@H](CCCNC(N)=O)NC(=O)[C@@H](NC(=O)CCOCCN2C(=O)C=CC2=O)C(C)C)ccc1C[N+]1(C)CCN(CCOc2ccc(-c3c(-c4ccc(F)cc4)sc4ncnc(O[C@H](Cc5ccccc5OCc5ccnc(-c6ccccc6OC)n5)C(=O)OC(=O)C(F)(F)F)c34)c(C)c2Cl)CC1. The van der Waals surface area contributed by atoms with E-state index in [1.807, 2.05) is 6.07 Å². The molecule has 8 aromatic rings. The van der Waals surface area contributed by atoms with Crippen LogP contribution in [0.15, 0.2) is 134 Å². The van der Waals surface area contributed by atoms with E-state index >= 15 is 0 Å². The molecule has 27 nitrogen and oxygen atoms in total. The van der Waals surface area contributed by atoms with Crippen molar-refractivity contribution < 1.29 is 93.6 Å². The number of terminal acetylenes is 1. The van der Waals surface area contributed by atoms with Gasteiger partial charge in [-0.25, -0.2) is 38.7 Å². The van der Waals surface area contributed by atoms with Crippen LogP contribution in [0.3, 0.4) is 0 Å². The number of aromatic nitrogens is 4. The van der Waals surface area contributed by atoms with E-state index in [2.05, 4.69) is 63.8 Å². The molecule has 2 aliphatic heterocycles. The Hall–Kier alpha value is -11.5. The van der Waals surface area contributed by atoms with E-state index in [1.54, 1.807) is 118 Å². The summed E-state index contributed by atoms with van der Waals surface area (Å²) in [5.74, 6) is -4.40. The van der Waals surface area contributed by atoms with E-state index in [4.69, 9.17) is 52.2 Å². The lowest BCUT2D eigenvalue weighted by molar-refractivity contribution is -0.926. The number of nitrogens with two attached hydrogens (primary N) is 1. The number of benzene rings is 5. The lowest BCUT2D eigenvalue weighted by atomic mass is 9.96. The van der Waals surface area contributed by atoms with Gasteiger partial charge >= 0.3 is 24.1 Å². The summed E-state index contributed by atoms with van der Waals surface area (Å²) in [5.41, 5.74) is 10.7. The number of rotatable bonds is 37. The molecule has 1 saturated heterocycles. The van der Waals surface area contributed by atoms with Crippen molar-refractivity contribution in [1.82, 2.24) is 45.7 Å². The maximum atomic E-state index is 14.6. The molecule has 7 amide bonds. The summed E-state index contributed by atoms with van der Waals surface area (Å²) in [5, 5.41) is 11.4. The molecule has 0 bridgehead atoms. The van der Waals surface area contributed by atoms with Crippen LogP contribution in [0.5, 0.6) is 23.1 Å². The second-order valence-corrected chi connectivity index (χ2v) is 28.5. The number of methoxy groups -OCH3 is 1. The second kappa shape index (κ2) is 39.1. The number of para-hydroxylation sites is 2. The molecule has 6 N–H and O–H groups in total. The summed E-state index contributed by atoms with van der Waals surface area (Å²) >= 11 is 8.42. The van der Waals surface area contributed by atoms with Crippen LogP contribution < -0.4 is 45.9 Å². The number of ether oxygens (including phenoxy) is 7. The zero-order chi connectivity index (χ0) is 80.9. The lowest BCUT2D eigenvalue weighted by Crippen LogP contribution is -2.57. The van der Waals surface area contributed by atoms with Gasteiger partial charge < -0.3 is 64.6 Å². The van der Waals surface area contributed by atoms with Crippen molar-refractivity contribution in [2.45, 2.75) is 90.6 Å². The molecule has 0 saturated carbocycles. The molecule has 1 fully saturated rings. The van der Waals surface area contributed by atoms with Gasteiger partial charge in [0.2, 0.25) is 29.7 Å². The number of primary amides is 1. The van der Waals surface area contributed by atoms with Gasteiger partial charge in [0.1, 0.15) is 72.7 Å². The van der Waals surface area contributed by atoms with Gasteiger partial charge in [-0.15, -0.1) is 17.8 Å². The van der Waals surface area contributed by atoms with Crippen LogP contribution in [0.4, 0.5) is 28.0 Å². The van der Waals surface area contributed by atoms with Gasteiger partial charge in [-0.2, -0.15) is 13.2 Å². The van der Waals surface area contributed by atoms with Crippen molar-refractivity contribution in [3.63, 3.8) is 0 Å². The van der Waals surface area contributed by atoms with Gasteiger partial charge in [-0.1, -0.05) is 86.0 Å². The topological polar surface area (TPSA) is 333 Å². The summed E-state index contributed by atoms with van der Waals surface area (Å²) in [6.07, 6.45) is 2.73. The predicted octanol–water partition coefficient (Wildman–Crippen LogP) is 9.63. The monoisotopic (exact) mass is 1600 g/mol. The van der Waals surface area contributed by atoms with Crippen molar-refractivity contribution in [2.75, 3.05) is 91.7 Å². The first-order valence-corrected chi connectivity index (χ1v) is 37.2. The first-order valence-electron chi connectivity index (χ1n) is 36.0. The quantitative estimate of drug-likeness (QED) is 0.00460. The number of hydrogen-bond donors (Lipinski definition) is 5. The van der Waals surface area contributed by atoms with Crippen LogP contribution in [-0.4, -0.2) is 192 Å². The van der Waals surface area contributed by atoms with E-state index in [1.165, 1.54) is 19.2 Å². The van der Waals surface area contributed by atoms with Crippen LogP contribution in [0.2, 0.25) is 5.02 Å². The Bertz CT molecular complexity index is 4840. The van der Waals surface area contributed by atoms with Gasteiger partial charge in [0.25, 0.3) is 11.8 Å². The standard InChI is InChI=1S/C80H83ClF4N12O15S/c1-7-38-108-45-53-42-55(92-73(101)59(15-12-30-88-79(86)105)93-74(102)70(48(2)3)94-64(98)29-39-107-40-35-96-65(99)26-27-66(96)100)23-20-52(53)44-97(5)36-32-95(33-37-97)34-41-109-62-25-24-57(49(4)69(62)81)67-68-75(89-47-90-76(68)113-71(67)50-18-21-54(82)22-19-50)111-63(77(103)112-78(104)80(83,84)85)43-51-13-8-10-16-60(51)110-46-56-28-31-87-72(91-56)58-14-9-11-17-61(58)106-6/h1,8-11,13-14,16-28,31,42,47-48,59,63,70H,12,15,29-30,32-41,43-46H2,2-6H3,(H5-,86,88,92,93,94,98,101,102,105)/p+1/t59-,63+,70-/m0/s1. The van der Waals surface area contributed by atoms with Gasteiger partial charge in [0.15, 0.2) is 5.82 Å². The summed E-state index contributed by atoms with van der Waals surface area (Å²) in [7, 11) is 3.67. The number of hydrogen-bond acceptors (Lipinski definition) is 21. The van der Waals surface area contributed by atoms with Gasteiger partial charge in [-0.3, -0.25) is 33.8 Å². The summed E-state index contributed by atoms with van der Waals surface area (Å²) in [4.78, 5) is 125. The molecular formula is C80H84ClF4N12O15S+. The van der Waals surface area contributed by atoms with Crippen LogP contribution in [0.25, 0.3) is 43.2 Å². The number of urea groups is 1. The van der Waals surface area contributed by atoms with Crippen LogP contribution in [-0.2, 0) is 74.0 Å². The minimum atomic E-state index is -5.56. The summed E-state index contributed by atoms with van der Waals surface area (Å²) in [6.45, 7) is 9.43. The third-order valence-corrected chi connectivity index (χ3v) is 20.3. The molecule has 3 aromatic heterocycles. The highest BCUT2D eigenvalue weighted by Gasteiger charge is 2.44. The van der Waals surface area contributed by atoms with Crippen molar-refractivity contribution in [3.05, 3.63) is 173 Å². The number of imide groups is 1. The minimum absolute atomic E-state index is 0.00102. The van der Waals surface area contributed by atoms with Crippen molar-refractivity contribution >= 4 is 86.3 Å². The summed E-state index contributed by atoms with van der Waals surface area (Å²) < 4.78 is 97.1. The molecule has 5 heterocycles. The van der Waals surface area contributed by atoms with Gasteiger partial charge in [0, 0.05) is 79.1 Å². The second-order valence-electron chi connectivity index (χ2n) is 27.1. The highest BCUT2D eigenvalue weighted by Crippen LogP contribution is 2.50. The van der Waals surface area contributed by atoms with E-state index in [9.17, 15) is 55.9 Å². The molecule has 0 radical (unpaired) electrons. The number of anilines is 1. The Morgan fingerprint density at radius 1 is 0.796 bits per heavy atom. The minimum Gasteiger partial charge on any atom is -0.496 e. The molecule has 2 aliphatic rings. The number of quaternary nitrogens is 1. The highest BCUT2D eigenvalue weighted by molar-refractivity contribution is 7.22. The number of amides is 7. The molecule has 33 heteroatoms. The number of esters is 2. The average Bonchev–Trinajstić information content (AvgIpc) is 1.60. The third kappa shape index (κ3) is 22.7. The Morgan fingerprint density at radius 3 is 2.25 bits per heavy atom. The number of piperazine rings is 1. The van der Waals surface area contributed by atoms with Crippen LogP contribution in [0.1, 0.15) is 61.1 Å². The molecule has 594 valence electrons. The van der Waals surface area contributed by atoms with Gasteiger partial charge in [0.05, 0.1) is 75.3 Å². The normalized spacial score (nSPS) is 14.2. The van der Waals surface area contributed by atoms with E-state index in [-0.39, 0.29) is 99.6 Å². The Kier molecular flexibility index (Phi) is 29.1. The number of carbonyl (C=O) groups is 8. The number of likely N-dealkylation sites (N-methyl/N-ethyl adjacent to an activating group) is 1. The first-order chi connectivity index (χ1) is 54.2. The number of fused-ring (bicyclic) bond motifs is 1. The lowest BCUT2D eigenvalue weighted by Gasteiger charge is -2.42. The maximum Gasteiger partial charge on any atom is 0.491 e. The zero-order valence-corrected chi connectivity index (χ0v) is 64.0. The molecule has 113 heavy (non-hydrogen) atoms. The smallest absolute Gasteiger partial charge is 0.491 e. The maximum absolute atomic E-state index is 14.6. The Morgan fingerprint density at radius 2 is 1.53 bits per heavy atom. The zero-order valence-electron chi connectivity index (χ0n) is 62.4. The van der Waals surface area contributed by atoms with E-state index in [0.717, 1.165) is 58.9 Å². The third-order valence-electron chi connectivity index (χ3n) is 18.7. The fraction of sp³-hybridized carbons (Fsp3) is 0.350. The number of alkyl halides is 3. The average molecular weight is 1600 g/mol. The number of nitrogens with one attached hydrogen (secondary N) is 4. The number of halogens is 5. The Balaban J connectivity index is 0.804. The summed E-state index contributed by atoms with van der Waals surface area (Å²) in [6, 6.07) is 26.8. The number of thiophene rings is 1. The van der Waals surface area contributed by atoms with Gasteiger partial charge in [-0.05, 0) is 108 Å². The molecule has 3 atom stereocenters.